The molecule has 0 unspecified atom stereocenters. The molecule has 0 atom stereocenters. The lowest BCUT2D eigenvalue weighted by molar-refractivity contribution is -0.267. The highest BCUT2D eigenvalue weighted by Gasteiger charge is 2.38. The van der Waals surface area contributed by atoms with Crippen molar-refractivity contribution in [2.45, 2.75) is 57.0 Å². The van der Waals surface area contributed by atoms with Crippen molar-refractivity contribution in [3.63, 3.8) is 0 Å². The van der Waals surface area contributed by atoms with E-state index in [0.29, 0.717) is 31.2 Å². The van der Waals surface area contributed by atoms with Gasteiger partial charge in [-0.2, -0.15) is 13.2 Å². The average Bonchev–Trinajstić information content (AvgIpc) is 2.74. The second-order valence-corrected chi connectivity index (χ2v) is 9.28. The molecule has 0 aromatic heterocycles. The fourth-order valence-corrected chi connectivity index (χ4v) is 3.69. The number of aryl methyl sites for hydroxylation is 2. The molecule has 182 valence electrons. The van der Waals surface area contributed by atoms with E-state index in [0.717, 1.165) is 11.6 Å². The standard InChI is InChI=1S/C24H28ClF4NO3/c1-22(2)32-14-23(30,15-33-22)10-9-17-6-8-21(18(12-17)24(27,28)29)31-11-3-4-16-5-7-20(26)19(25)13-16/h5-8,12-13H,3-4,9-11,14-15,30H2,1-2H3. The molecule has 1 saturated heterocycles. The van der Waals surface area contributed by atoms with Gasteiger partial charge >= 0.3 is 6.18 Å². The van der Waals surface area contributed by atoms with E-state index in [1.165, 1.54) is 18.2 Å². The molecule has 0 saturated carbocycles. The molecule has 2 aromatic rings. The van der Waals surface area contributed by atoms with Gasteiger partial charge in [0.1, 0.15) is 11.6 Å². The Morgan fingerprint density at radius 3 is 2.30 bits per heavy atom. The van der Waals surface area contributed by atoms with E-state index >= 15 is 0 Å². The number of hydrogen-bond donors (Lipinski definition) is 1. The number of rotatable bonds is 8. The summed E-state index contributed by atoms with van der Waals surface area (Å²) in [5.41, 5.74) is 6.01. The maximum atomic E-state index is 13.6. The number of nitrogens with two attached hydrogens (primary N) is 1. The van der Waals surface area contributed by atoms with Crippen molar-refractivity contribution in [1.82, 2.24) is 0 Å². The van der Waals surface area contributed by atoms with Crippen LogP contribution in [-0.2, 0) is 28.5 Å². The number of alkyl halides is 3. The lowest BCUT2D eigenvalue weighted by Crippen LogP contribution is -2.57. The topological polar surface area (TPSA) is 53.7 Å². The van der Waals surface area contributed by atoms with Crippen molar-refractivity contribution in [2.24, 2.45) is 5.73 Å². The van der Waals surface area contributed by atoms with Crippen molar-refractivity contribution < 1.29 is 31.8 Å². The van der Waals surface area contributed by atoms with Gasteiger partial charge in [0.25, 0.3) is 0 Å². The van der Waals surface area contributed by atoms with E-state index in [4.69, 9.17) is 31.5 Å². The Kier molecular flexibility index (Phi) is 7.94. The van der Waals surface area contributed by atoms with Gasteiger partial charge in [-0.1, -0.05) is 23.7 Å². The number of hydrogen-bond acceptors (Lipinski definition) is 4. The first-order valence-corrected chi connectivity index (χ1v) is 11.1. The first kappa shape index (κ1) is 25.7. The van der Waals surface area contributed by atoms with Crippen LogP contribution in [0.4, 0.5) is 17.6 Å². The molecule has 0 spiro atoms. The largest absolute Gasteiger partial charge is 0.493 e. The summed E-state index contributed by atoms with van der Waals surface area (Å²) in [4.78, 5) is 0. The number of ether oxygens (including phenoxy) is 3. The van der Waals surface area contributed by atoms with Gasteiger partial charge in [-0.25, -0.2) is 4.39 Å². The molecule has 1 heterocycles. The van der Waals surface area contributed by atoms with Crippen molar-refractivity contribution in [3.05, 3.63) is 63.9 Å². The molecule has 1 fully saturated rings. The third-order valence-electron chi connectivity index (χ3n) is 5.53. The Morgan fingerprint density at radius 2 is 1.67 bits per heavy atom. The highest BCUT2D eigenvalue weighted by atomic mass is 35.5. The lowest BCUT2D eigenvalue weighted by atomic mass is 9.92. The second-order valence-electron chi connectivity index (χ2n) is 8.87. The summed E-state index contributed by atoms with van der Waals surface area (Å²) in [5, 5.41) is 0.0117. The van der Waals surface area contributed by atoms with Crippen LogP contribution in [0, 0.1) is 5.82 Å². The minimum atomic E-state index is -4.56. The van der Waals surface area contributed by atoms with E-state index < -0.39 is 28.9 Å². The van der Waals surface area contributed by atoms with Gasteiger partial charge in [-0.3, -0.25) is 0 Å². The van der Waals surface area contributed by atoms with Gasteiger partial charge < -0.3 is 19.9 Å². The molecule has 0 bridgehead atoms. The molecule has 0 aliphatic carbocycles. The average molecular weight is 490 g/mol. The molecule has 3 rings (SSSR count). The minimum absolute atomic E-state index is 0.0117. The molecular formula is C24H28ClF4NO3. The third kappa shape index (κ3) is 7.30. The molecule has 1 aliphatic rings. The van der Waals surface area contributed by atoms with Gasteiger partial charge in [-0.05, 0) is 74.9 Å². The predicted molar refractivity (Wildman–Crippen MR) is 118 cm³/mol. The molecule has 33 heavy (non-hydrogen) atoms. The smallest absolute Gasteiger partial charge is 0.419 e. The van der Waals surface area contributed by atoms with Crippen LogP contribution in [0.1, 0.15) is 43.4 Å². The molecule has 2 N–H and O–H groups in total. The van der Waals surface area contributed by atoms with Crippen LogP contribution in [0.5, 0.6) is 5.75 Å². The van der Waals surface area contributed by atoms with E-state index in [-0.39, 0.29) is 30.6 Å². The van der Waals surface area contributed by atoms with Crippen molar-refractivity contribution in [1.29, 1.82) is 0 Å². The fourth-order valence-electron chi connectivity index (χ4n) is 3.49. The zero-order valence-electron chi connectivity index (χ0n) is 18.6. The molecule has 0 radical (unpaired) electrons. The molecule has 1 aliphatic heterocycles. The highest BCUT2D eigenvalue weighted by molar-refractivity contribution is 6.30. The molecule has 0 amide bonds. The van der Waals surface area contributed by atoms with Crippen LogP contribution < -0.4 is 10.5 Å². The van der Waals surface area contributed by atoms with Crippen molar-refractivity contribution >= 4 is 11.6 Å². The van der Waals surface area contributed by atoms with Crippen molar-refractivity contribution in [3.8, 4) is 5.75 Å². The third-order valence-corrected chi connectivity index (χ3v) is 5.82. The highest BCUT2D eigenvalue weighted by Crippen LogP contribution is 2.37. The van der Waals surface area contributed by atoms with E-state index in [2.05, 4.69) is 0 Å². The van der Waals surface area contributed by atoms with Gasteiger partial charge in [0, 0.05) is 0 Å². The zero-order valence-corrected chi connectivity index (χ0v) is 19.4. The summed E-state index contributed by atoms with van der Waals surface area (Å²) in [6, 6.07) is 8.41. The van der Waals surface area contributed by atoms with Gasteiger partial charge in [-0.15, -0.1) is 0 Å². The molecule has 4 nitrogen and oxygen atoms in total. The molecule has 2 aromatic carbocycles. The Hall–Kier alpha value is -1.87. The quantitative estimate of drug-likeness (QED) is 0.369. The Balaban J connectivity index is 1.59. The van der Waals surface area contributed by atoms with Crippen molar-refractivity contribution in [2.75, 3.05) is 19.8 Å². The Labute approximate surface area is 196 Å². The van der Waals surface area contributed by atoms with Gasteiger partial charge in [0.15, 0.2) is 5.79 Å². The molecular weight excluding hydrogens is 462 g/mol. The predicted octanol–water partition coefficient (Wildman–Crippen LogP) is 5.92. The van der Waals surface area contributed by atoms with Crippen LogP contribution in [0.15, 0.2) is 36.4 Å². The van der Waals surface area contributed by atoms with Crippen LogP contribution in [0.3, 0.4) is 0 Å². The summed E-state index contributed by atoms with van der Waals surface area (Å²) in [6.45, 7) is 4.19. The van der Waals surface area contributed by atoms with Gasteiger partial charge in [0.2, 0.25) is 0 Å². The zero-order chi connectivity index (χ0) is 24.3. The SMILES string of the molecule is CC1(C)OCC(N)(CCc2ccc(OCCCc3ccc(F)c(Cl)c3)c(C(F)(F)F)c2)CO1. The van der Waals surface area contributed by atoms with Gasteiger partial charge in [0.05, 0.1) is 35.9 Å². The van der Waals surface area contributed by atoms with Crippen LogP contribution in [0.25, 0.3) is 0 Å². The van der Waals surface area contributed by atoms with E-state index in [1.807, 2.05) is 0 Å². The minimum Gasteiger partial charge on any atom is -0.493 e. The second kappa shape index (κ2) is 10.2. The maximum Gasteiger partial charge on any atom is 0.419 e. The van der Waals surface area contributed by atoms with Crippen LogP contribution in [0.2, 0.25) is 5.02 Å². The number of halogens is 5. The van der Waals surface area contributed by atoms with E-state index in [9.17, 15) is 17.6 Å². The summed E-state index contributed by atoms with van der Waals surface area (Å²) < 4.78 is 70.8. The summed E-state index contributed by atoms with van der Waals surface area (Å²) in [7, 11) is 0. The molecule has 9 heteroatoms. The Morgan fingerprint density at radius 1 is 1.03 bits per heavy atom. The number of benzene rings is 2. The lowest BCUT2D eigenvalue weighted by Gasteiger charge is -2.41. The van der Waals surface area contributed by atoms with Crippen LogP contribution in [-0.4, -0.2) is 31.1 Å². The summed E-state index contributed by atoms with van der Waals surface area (Å²) in [6.07, 6.45) is -2.84. The first-order chi connectivity index (χ1) is 15.4. The summed E-state index contributed by atoms with van der Waals surface area (Å²) >= 11 is 5.75. The van der Waals surface area contributed by atoms with E-state index in [1.54, 1.807) is 26.0 Å². The van der Waals surface area contributed by atoms with Crippen LogP contribution >= 0.6 is 11.6 Å². The first-order valence-electron chi connectivity index (χ1n) is 10.7. The monoisotopic (exact) mass is 489 g/mol. The normalized spacial score (nSPS) is 17.7. The summed E-state index contributed by atoms with van der Waals surface area (Å²) in [5.74, 6) is -1.45. The Bertz CT molecular complexity index is 955. The maximum absolute atomic E-state index is 13.6. The fraction of sp³-hybridized carbons (Fsp3) is 0.500.